The molecule has 1 amide bonds. The molecule has 0 aliphatic heterocycles. The number of nitrogens with zero attached hydrogens (tertiary/aromatic N) is 4. The van der Waals surface area contributed by atoms with Crippen LogP contribution in [-0.2, 0) is 11.3 Å². The van der Waals surface area contributed by atoms with E-state index in [2.05, 4.69) is 15.5 Å². The molecule has 2 aromatic heterocycles. The molecule has 0 unspecified atom stereocenters. The SMILES string of the molecule is Cc1nc(-c2ccc3c(c2)n(CC(=O)Nc2ccccc2Cl)c(=O)n3C(C)C)no1. The first-order chi connectivity index (χ1) is 14.3. The van der Waals surface area contributed by atoms with Gasteiger partial charge in [-0.2, -0.15) is 4.98 Å². The van der Waals surface area contributed by atoms with Gasteiger partial charge >= 0.3 is 5.69 Å². The van der Waals surface area contributed by atoms with Crippen LogP contribution in [-0.4, -0.2) is 25.2 Å². The summed E-state index contributed by atoms with van der Waals surface area (Å²) in [5.74, 6) is 0.515. The van der Waals surface area contributed by atoms with Gasteiger partial charge in [-0.1, -0.05) is 28.9 Å². The number of nitrogens with one attached hydrogen (secondary N) is 1. The van der Waals surface area contributed by atoms with E-state index in [4.69, 9.17) is 16.1 Å². The minimum absolute atomic E-state index is 0.0776. The number of hydrogen-bond donors (Lipinski definition) is 1. The Morgan fingerprint density at radius 1 is 1.20 bits per heavy atom. The molecular formula is C21H20ClN5O3. The highest BCUT2D eigenvalue weighted by Crippen LogP contribution is 2.25. The lowest BCUT2D eigenvalue weighted by Crippen LogP contribution is -2.30. The Hall–Kier alpha value is -3.39. The molecule has 2 aromatic carbocycles. The number of carbonyl (C=O) groups is 1. The van der Waals surface area contributed by atoms with Gasteiger partial charge in [0.25, 0.3) is 0 Å². The Kier molecular flexibility index (Phi) is 5.17. The second kappa shape index (κ2) is 7.79. The number of carbonyl (C=O) groups excluding carboxylic acids is 1. The first-order valence-electron chi connectivity index (χ1n) is 9.45. The fraction of sp³-hybridized carbons (Fsp3) is 0.238. The Balaban J connectivity index is 1.77. The van der Waals surface area contributed by atoms with Crippen LogP contribution >= 0.6 is 11.6 Å². The van der Waals surface area contributed by atoms with Gasteiger partial charge in [0.05, 0.1) is 21.7 Å². The fourth-order valence-electron chi connectivity index (χ4n) is 3.38. The number of imidazole rings is 1. The van der Waals surface area contributed by atoms with Crippen LogP contribution in [0.3, 0.4) is 0 Å². The van der Waals surface area contributed by atoms with Crippen molar-refractivity contribution < 1.29 is 9.32 Å². The Labute approximate surface area is 177 Å². The third-order valence-corrected chi connectivity index (χ3v) is 5.04. The lowest BCUT2D eigenvalue weighted by molar-refractivity contribution is -0.116. The molecule has 154 valence electrons. The third kappa shape index (κ3) is 3.61. The van der Waals surface area contributed by atoms with E-state index in [0.717, 1.165) is 5.52 Å². The van der Waals surface area contributed by atoms with Crippen molar-refractivity contribution in [1.29, 1.82) is 0 Å². The average Bonchev–Trinajstić information content (AvgIpc) is 3.25. The highest BCUT2D eigenvalue weighted by Gasteiger charge is 2.19. The molecule has 0 aliphatic carbocycles. The predicted molar refractivity (Wildman–Crippen MR) is 115 cm³/mol. The molecule has 0 saturated carbocycles. The molecule has 0 bridgehead atoms. The molecule has 8 nitrogen and oxygen atoms in total. The molecule has 9 heteroatoms. The number of aryl methyl sites for hydroxylation is 1. The number of aromatic nitrogens is 4. The molecule has 0 fully saturated rings. The highest BCUT2D eigenvalue weighted by atomic mass is 35.5. The molecule has 30 heavy (non-hydrogen) atoms. The van der Waals surface area contributed by atoms with Gasteiger partial charge in [-0.3, -0.25) is 13.9 Å². The number of amides is 1. The van der Waals surface area contributed by atoms with Gasteiger partial charge in [0.15, 0.2) is 0 Å². The van der Waals surface area contributed by atoms with Crippen molar-refractivity contribution in [3.8, 4) is 11.4 Å². The molecule has 0 atom stereocenters. The van der Waals surface area contributed by atoms with Crippen molar-refractivity contribution in [2.75, 3.05) is 5.32 Å². The number of anilines is 1. The molecule has 0 radical (unpaired) electrons. The maximum absolute atomic E-state index is 13.1. The van der Waals surface area contributed by atoms with Crippen LogP contribution in [0, 0.1) is 6.92 Å². The van der Waals surface area contributed by atoms with Crippen LogP contribution in [0.15, 0.2) is 51.8 Å². The quantitative estimate of drug-likeness (QED) is 0.520. The number of fused-ring (bicyclic) bond motifs is 1. The highest BCUT2D eigenvalue weighted by molar-refractivity contribution is 6.33. The van der Waals surface area contributed by atoms with Gasteiger partial charge < -0.3 is 9.84 Å². The summed E-state index contributed by atoms with van der Waals surface area (Å²) >= 11 is 6.12. The normalized spacial score (nSPS) is 11.4. The topological polar surface area (TPSA) is 95.0 Å². The lowest BCUT2D eigenvalue weighted by Gasteiger charge is -2.08. The standard InChI is InChI=1S/C21H20ClN5O3/c1-12(2)27-17-9-8-14(20-23-13(3)30-25-20)10-18(17)26(21(27)29)11-19(28)24-16-7-5-4-6-15(16)22/h4-10,12H,11H2,1-3H3,(H,24,28). The zero-order valence-electron chi connectivity index (χ0n) is 16.7. The minimum atomic E-state index is -0.353. The van der Waals surface area contributed by atoms with Crippen molar-refractivity contribution in [3.05, 3.63) is 63.9 Å². The van der Waals surface area contributed by atoms with Crippen LogP contribution in [0.1, 0.15) is 25.8 Å². The predicted octanol–water partition coefficient (Wildman–Crippen LogP) is 4.03. The number of hydrogen-bond acceptors (Lipinski definition) is 5. The van der Waals surface area contributed by atoms with Gasteiger partial charge in [-0.15, -0.1) is 0 Å². The van der Waals surface area contributed by atoms with Crippen molar-refractivity contribution in [2.45, 2.75) is 33.4 Å². The summed E-state index contributed by atoms with van der Waals surface area (Å²) < 4.78 is 8.16. The summed E-state index contributed by atoms with van der Waals surface area (Å²) in [5.41, 5.74) is 2.26. The van der Waals surface area contributed by atoms with E-state index < -0.39 is 0 Å². The summed E-state index contributed by atoms with van der Waals surface area (Å²) in [5, 5.41) is 7.13. The molecule has 0 aliphatic rings. The summed E-state index contributed by atoms with van der Waals surface area (Å²) in [4.78, 5) is 30.0. The van der Waals surface area contributed by atoms with Gasteiger partial charge in [-0.05, 0) is 44.2 Å². The van der Waals surface area contributed by atoms with E-state index >= 15 is 0 Å². The van der Waals surface area contributed by atoms with Crippen LogP contribution in [0.2, 0.25) is 5.02 Å². The van der Waals surface area contributed by atoms with E-state index in [0.29, 0.717) is 33.5 Å². The molecule has 0 saturated heterocycles. The van der Waals surface area contributed by atoms with Crippen molar-refractivity contribution >= 4 is 34.2 Å². The largest absolute Gasteiger partial charge is 0.339 e. The second-order valence-corrected chi connectivity index (χ2v) is 7.61. The summed E-state index contributed by atoms with van der Waals surface area (Å²) in [7, 11) is 0. The average molecular weight is 426 g/mol. The molecule has 1 N–H and O–H groups in total. The van der Waals surface area contributed by atoms with E-state index in [1.54, 1.807) is 41.8 Å². The van der Waals surface area contributed by atoms with E-state index in [1.807, 2.05) is 26.0 Å². The maximum Gasteiger partial charge on any atom is 0.329 e. The zero-order chi connectivity index (χ0) is 21.4. The van der Waals surface area contributed by atoms with Gasteiger partial charge in [0.1, 0.15) is 6.54 Å². The summed E-state index contributed by atoms with van der Waals surface area (Å²) in [6.45, 7) is 5.39. The van der Waals surface area contributed by atoms with Crippen LogP contribution < -0.4 is 11.0 Å². The third-order valence-electron chi connectivity index (χ3n) is 4.71. The molecule has 0 spiro atoms. The number of para-hydroxylation sites is 1. The zero-order valence-corrected chi connectivity index (χ0v) is 17.5. The van der Waals surface area contributed by atoms with E-state index in [-0.39, 0.29) is 24.2 Å². The van der Waals surface area contributed by atoms with Crippen molar-refractivity contribution in [2.24, 2.45) is 0 Å². The summed E-state index contributed by atoms with van der Waals surface area (Å²) in [6.07, 6.45) is 0. The monoisotopic (exact) mass is 425 g/mol. The van der Waals surface area contributed by atoms with Crippen molar-refractivity contribution in [1.82, 2.24) is 19.3 Å². The maximum atomic E-state index is 13.1. The second-order valence-electron chi connectivity index (χ2n) is 7.20. The van der Waals surface area contributed by atoms with Crippen LogP contribution in [0.4, 0.5) is 5.69 Å². The fourth-order valence-corrected chi connectivity index (χ4v) is 3.57. The summed E-state index contributed by atoms with van der Waals surface area (Å²) in [6, 6.07) is 12.3. The molecule has 4 aromatic rings. The Morgan fingerprint density at radius 3 is 2.63 bits per heavy atom. The lowest BCUT2D eigenvalue weighted by atomic mass is 10.2. The van der Waals surface area contributed by atoms with Crippen LogP contribution in [0.25, 0.3) is 22.4 Å². The smallest absolute Gasteiger partial charge is 0.329 e. The molecular weight excluding hydrogens is 406 g/mol. The minimum Gasteiger partial charge on any atom is -0.339 e. The number of benzene rings is 2. The number of rotatable bonds is 5. The Bertz CT molecular complexity index is 1300. The first-order valence-corrected chi connectivity index (χ1v) is 9.83. The van der Waals surface area contributed by atoms with Gasteiger partial charge in [0.2, 0.25) is 17.6 Å². The Morgan fingerprint density at radius 2 is 1.97 bits per heavy atom. The van der Waals surface area contributed by atoms with Crippen molar-refractivity contribution in [3.63, 3.8) is 0 Å². The number of halogens is 1. The van der Waals surface area contributed by atoms with Gasteiger partial charge in [0, 0.05) is 18.5 Å². The molecule has 4 rings (SSSR count). The van der Waals surface area contributed by atoms with Gasteiger partial charge in [-0.25, -0.2) is 4.79 Å². The van der Waals surface area contributed by atoms with Crippen LogP contribution in [0.5, 0.6) is 0 Å². The van der Waals surface area contributed by atoms with E-state index in [1.165, 1.54) is 4.57 Å². The molecule has 2 heterocycles. The van der Waals surface area contributed by atoms with E-state index in [9.17, 15) is 9.59 Å². The first kappa shape index (κ1) is 19.9.